The van der Waals surface area contributed by atoms with Crippen molar-refractivity contribution < 1.29 is 0 Å². The third kappa shape index (κ3) is 2.63. The van der Waals surface area contributed by atoms with E-state index in [1.54, 1.807) is 12.1 Å². The number of nitrogen functional groups attached to an aromatic ring is 1. The molecule has 118 valence electrons. The fourth-order valence-corrected chi connectivity index (χ4v) is 2.56. The summed E-state index contributed by atoms with van der Waals surface area (Å²) < 4.78 is 0. The lowest BCUT2D eigenvalue weighted by molar-refractivity contribution is 1.09. The van der Waals surface area contributed by atoms with Crippen molar-refractivity contribution in [2.24, 2.45) is 0 Å². The van der Waals surface area contributed by atoms with Gasteiger partial charge in [0.1, 0.15) is 17.0 Å². The quantitative estimate of drug-likeness (QED) is 0.526. The zero-order chi connectivity index (χ0) is 16.5. The molecule has 0 aliphatic heterocycles. The minimum Gasteiger partial charge on any atom is -0.383 e. The molecule has 0 saturated heterocycles. The number of rotatable bonds is 3. The summed E-state index contributed by atoms with van der Waals surface area (Å²) in [7, 11) is 0. The van der Waals surface area contributed by atoms with Gasteiger partial charge in [-0.15, -0.1) is 0 Å². The van der Waals surface area contributed by atoms with E-state index in [1.807, 2.05) is 42.5 Å². The summed E-state index contributed by atoms with van der Waals surface area (Å²) in [5.74, 6) is 1.55. The molecule has 0 fully saturated rings. The lowest BCUT2D eigenvalue weighted by atomic mass is 10.2. The molecule has 4 aromatic rings. The van der Waals surface area contributed by atoms with Gasteiger partial charge in [0.05, 0.1) is 0 Å². The standard InChI is InChI=1S/C17H13ClN6/c18-11-6-8-12(9-7-11)20-16-13-14(19)21-15(22-17(13)24-23-16)10-4-2-1-3-5-10/h1-9H,(H4,19,20,21,22,23,24). The molecule has 0 aliphatic carbocycles. The van der Waals surface area contributed by atoms with E-state index in [9.17, 15) is 0 Å². The van der Waals surface area contributed by atoms with Crippen molar-refractivity contribution in [1.82, 2.24) is 20.2 Å². The molecule has 4 rings (SSSR count). The Morgan fingerprint density at radius 3 is 2.46 bits per heavy atom. The fraction of sp³-hybridized carbons (Fsp3) is 0. The Labute approximate surface area is 142 Å². The van der Waals surface area contributed by atoms with E-state index in [1.165, 1.54) is 0 Å². The molecule has 2 aromatic heterocycles. The minimum atomic E-state index is 0.365. The first kappa shape index (κ1) is 14.5. The van der Waals surface area contributed by atoms with Crippen LogP contribution in [0.1, 0.15) is 0 Å². The number of nitrogens with two attached hydrogens (primary N) is 1. The molecule has 2 heterocycles. The second kappa shape index (κ2) is 5.82. The van der Waals surface area contributed by atoms with Gasteiger partial charge in [0.2, 0.25) is 0 Å². The zero-order valence-corrected chi connectivity index (χ0v) is 13.2. The molecule has 0 radical (unpaired) electrons. The van der Waals surface area contributed by atoms with Gasteiger partial charge < -0.3 is 11.1 Å². The predicted octanol–water partition coefficient (Wildman–Crippen LogP) is 4.00. The van der Waals surface area contributed by atoms with Gasteiger partial charge in [0.25, 0.3) is 0 Å². The van der Waals surface area contributed by atoms with Crippen molar-refractivity contribution in [3.63, 3.8) is 0 Å². The molecule has 2 aromatic carbocycles. The molecule has 0 saturated carbocycles. The van der Waals surface area contributed by atoms with Gasteiger partial charge >= 0.3 is 0 Å². The molecule has 0 aliphatic rings. The van der Waals surface area contributed by atoms with E-state index >= 15 is 0 Å². The number of benzene rings is 2. The SMILES string of the molecule is Nc1nc(-c2ccccc2)nc2n[nH]c(Nc3ccc(Cl)cc3)c12. The number of nitrogens with one attached hydrogen (secondary N) is 2. The van der Waals surface area contributed by atoms with Gasteiger partial charge in [-0.2, -0.15) is 5.10 Å². The van der Waals surface area contributed by atoms with Crippen LogP contribution in [0.25, 0.3) is 22.4 Å². The molecule has 24 heavy (non-hydrogen) atoms. The van der Waals surface area contributed by atoms with Crippen molar-refractivity contribution in [3.05, 3.63) is 59.6 Å². The van der Waals surface area contributed by atoms with Crippen molar-refractivity contribution >= 4 is 40.0 Å². The first-order valence-electron chi connectivity index (χ1n) is 7.30. The van der Waals surface area contributed by atoms with Crippen LogP contribution in [0.15, 0.2) is 54.6 Å². The van der Waals surface area contributed by atoms with E-state index in [0.717, 1.165) is 11.3 Å². The third-order valence-electron chi connectivity index (χ3n) is 3.59. The first-order chi connectivity index (χ1) is 11.7. The highest BCUT2D eigenvalue weighted by atomic mass is 35.5. The Bertz CT molecular complexity index is 995. The van der Waals surface area contributed by atoms with Crippen LogP contribution in [0.2, 0.25) is 5.02 Å². The van der Waals surface area contributed by atoms with E-state index in [2.05, 4.69) is 25.5 Å². The summed E-state index contributed by atoms with van der Waals surface area (Å²) in [6.45, 7) is 0. The maximum Gasteiger partial charge on any atom is 0.188 e. The fourth-order valence-electron chi connectivity index (χ4n) is 2.44. The molecular formula is C17H13ClN6. The number of H-pyrrole nitrogens is 1. The number of hydrogen-bond acceptors (Lipinski definition) is 5. The number of aromatic amines is 1. The molecule has 0 unspecified atom stereocenters. The number of hydrogen-bond donors (Lipinski definition) is 3. The topological polar surface area (TPSA) is 92.5 Å². The summed E-state index contributed by atoms with van der Waals surface area (Å²) >= 11 is 5.90. The van der Waals surface area contributed by atoms with E-state index < -0.39 is 0 Å². The number of anilines is 3. The molecular weight excluding hydrogens is 324 g/mol. The smallest absolute Gasteiger partial charge is 0.188 e. The second-order valence-electron chi connectivity index (χ2n) is 5.23. The largest absolute Gasteiger partial charge is 0.383 e. The second-order valence-corrected chi connectivity index (χ2v) is 5.66. The van der Waals surface area contributed by atoms with Gasteiger partial charge in [-0.3, -0.25) is 5.10 Å². The molecule has 0 spiro atoms. The summed E-state index contributed by atoms with van der Waals surface area (Å²) in [4.78, 5) is 8.89. The Kier molecular flexibility index (Phi) is 3.51. The molecule has 0 amide bonds. The van der Waals surface area contributed by atoms with Crippen molar-refractivity contribution in [2.75, 3.05) is 11.1 Å². The van der Waals surface area contributed by atoms with Crippen LogP contribution in [-0.4, -0.2) is 20.2 Å². The van der Waals surface area contributed by atoms with Crippen LogP contribution in [-0.2, 0) is 0 Å². The average Bonchev–Trinajstić information content (AvgIpc) is 3.01. The maximum atomic E-state index is 6.15. The predicted molar refractivity (Wildman–Crippen MR) is 96.3 cm³/mol. The summed E-state index contributed by atoms with van der Waals surface area (Å²) in [5, 5.41) is 11.7. The zero-order valence-electron chi connectivity index (χ0n) is 12.5. The van der Waals surface area contributed by atoms with Crippen molar-refractivity contribution in [2.45, 2.75) is 0 Å². The number of aromatic nitrogens is 4. The first-order valence-corrected chi connectivity index (χ1v) is 7.68. The Hall–Kier alpha value is -3.12. The highest BCUT2D eigenvalue weighted by Gasteiger charge is 2.14. The van der Waals surface area contributed by atoms with Crippen LogP contribution in [0.4, 0.5) is 17.3 Å². The van der Waals surface area contributed by atoms with Gasteiger partial charge in [-0.1, -0.05) is 41.9 Å². The molecule has 6 nitrogen and oxygen atoms in total. The van der Waals surface area contributed by atoms with E-state index in [4.69, 9.17) is 17.3 Å². The third-order valence-corrected chi connectivity index (χ3v) is 3.84. The van der Waals surface area contributed by atoms with Crippen LogP contribution in [0.3, 0.4) is 0 Å². The maximum absolute atomic E-state index is 6.15. The van der Waals surface area contributed by atoms with Crippen LogP contribution in [0.5, 0.6) is 0 Å². The normalized spacial score (nSPS) is 10.9. The average molecular weight is 337 g/mol. The van der Waals surface area contributed by atoms with E-state index in [0.29, 0.717) is 33.5 Å². The van der Waals surface area contributed by atoms with Crippen LogP contribution in [0, 0.1) is 0 Å². The Morgan fingerprint density at radius 1 is 0.958 bits per heavy atom. The minimum absolute atomic E-state index is 0.365. The van der Waals surface area contributed by atoms with Crippen LogP contribution >= 0.6 is 11.6 Å². The van der Waals surface area contributed by atoms with Crippen LogP contribution < -0.4 is 11.1 Å². The summed E-state index contributed by atoms with van der Waals surface area (Å²) in [6.07, 6.45) is 0. The van der Waals surface area contributed by atoms with Gasteiger partial charge in [-0.05, 0) is 24.3 Å². The number of fused-ring (bicyclic) bond motifs is 1. The molecule has 4 N–H and O–H groups in total. The van der Waals surface area contributed by atoms with Gasteiger partial charge in [0.15, 0.2) is 11.5 Å². The summed E-state index contributed by atoms with van der Waals surface area (Å²) in [5.41, 5.74) is 8.41. The van der Waals surface area contributed by atoms with Crippen molar-refractivity contribution in [3.8, 4) is 11.4 Å². The lowest BCUT2D eigenvalue weighted by Gasteiger charge is -2.06. The van der Waals surface area contributed by atoms with Gasteiger partial charge in [0, 0.05) is 16.3 Å². The highest BCUT2D eigenvalue weighted by Crippen LogP contribution is 2.29. The van der Waals surface area contributed by atoms with Crippen molar-refractivity contribution in [1.29, 1.82) is 0 Å². The molecule has 0 atom stereocenters. The lowest BCUT2D eigenvalue weighted by Crippen LogP contribution is -1.98. The van der Waals surface area contributed by atoms with E-state index in [-0.39, 0.29) is 0 Å². The summed E-state index contributed by atoms with van der Waals surface area (Å²) in [6, 6.07) is 17.0. The Balaban J connectivity index is 1.75. The highest BCUT2D eigenvalue weighted by molar-refractivity contribution is 6.30. The number of halogens is 1. The monoisotopic (exact) mass is 336 g/mol. The van der Waals surface area contributed by atoms with Gasteiger partial charge in [-0.25, -0.2) is 9.97 Å². The molecule has 0 bridgehead atoms. The molecule has 7 heteroatoms. The number of nitrogens with zero attached hydrogens (tertiary/aromatic N) is 3. The Morgan fingerprint density at radius 2 is 1.71 bits per heavy atom.